The first-order valence-electron chi connectivity index (χ1n) is 11.2. The molecule has 3 aromatic carbocycles. The molecule has 1 N–H and O–H groups in total. The first-order chi connectivity index (χ1) is 16.6. The van der Waals surface area contributed by atoms with Gasteiger partial charge in [-0.1, -0.05) is 78.9 Å². The average molecular weight is 464 g/mol. The van der Waals surface area contributed by atoms with E-state index in [9.17, 15) is 4.79 Å². The lowest BCUT2D eigenvalue weighted by atomic mass is 9.98. The Labute approximate surface area is 203 Å². The fourth-order valence-electron chi connectivity index (χ4n) is 4.07. The Bertz CT molecular complexity index is 1370. The molecule has 0 saturated heterocycles. The highest BCUT2D eigenvalue weighted by atomic mass is 32.1. The molecule has 0 fully saturated rings. The van der Waals surface area contributed by atoms with Crippen molar-refractivity contribution in [3.8, 4) is 16.3 Å². The van der Waals surface area contributed by atoms with Gasteiger partial charge in [-0.3, -0.25) is 4.79 Å². The van der Waals surface area contributed by atoms with Gasteiger partial charge in [-0.05, 0) is 59.7 Å². The highest BCUT2D eigenvalue weighted by molar-refractivity contribution is 7.13. The molecule has 0 unspecified atom stereocenters. The zero-order valence-electron chi connectivity index (χ0n) is 19.1. The standard InChI is InChI=1S/C29H25N3OS/c1-20-15-16-21(2)25(18-20)32-26(19-24(31-32)27-14-9-17-34-27)29(33)30-28(22-10-5-3-6-11-22)23-12-7-4-8-13-23/h3-19,28H,1-2H3,(H,30,33). The normalized spacial score (nSPS) is 11.0. The molecule has 0 spiro atoms. The number of nitrogens with zero attached hydrogens (tertiary/aromatic N) is 2. The van der Waals surface area contributed by atoms with E-state index >= 15 is 0 Å². The lowest BCUT2D eigenvalue weighted by molar-refractivity contribution is 0.0935. The number of benzene rings is 3. The van der Waals surface area contributed by atoms with Crippen LogP contribution in [0.5, 0.6) is 0 Å². The number of rotatable bonds is 6. The number of amides is 1. The summed E-state index contributed by atoms with van der Waals surface area (Å²) in [6.45, 7) is 4.09. The molecule has 34 heavy (non-hydrogen) atoms. The molecule has 5 rings (SSSR count). The topological polar surface area (TPSA) is 46.9 Å². The van der Waals surface area contributed by atoms with Crippen molar-refractivity contribution in [2.75, 3.05) is 0 Å². The lowest BCUT2D eigenvalue weighted by Gasteiger charge is -2.20. The third-order valence-electron chi connectivity index (χ3n) is 5.85. The van der Waals surface area contributed by atoms with E-state index in [0.29, 0.717) is 5.69 Å². The van der Waals surface area contributed by atoms with Crippen LogP contribution in [0.25, 0.3) is 16.3 Å². The minimum Gasteiger partial charge on any atom is -0.340 e. The van der Waals surface area contributed by atoms with Crippen molar-refractivity contribution in [2.45, 2.75) is 19.9 Å². The molecule has 5 aromatic rings. The highest BCUT2D eigenvalue weighted by Gasteiger charge is 2.23. The Kier molecular flexibility index (Phi) is 6.11. The van der Waals surface area contributed by atoms with Crippen molar-refractivity contribution in [1.29, 1.82) is 0 Å². The molecule has 2 aromatic heterocycles. The summed E-state index contributed by atoms with van der Waals surface area (Å²) in [4.78, 5) is 14.8. The third-order valence-corrected chi connectivity index (χ3v) is 6.74. The molecule has 0 aliphatic heterocycles. The van der Waals surface area contributed by atoms with Crippen LogP contribution in [0.4, 0.5) is 0 Å². The van der Waals surface area contributed by atoms with Crippen LogP contribution in [0.15, 0.2) is 102 Å². The summed E-state index contributed by atoms with van der Waals surface area (Å²) in [5.74, 6) is -0.172. The summed E-state index contributed by atoms with van der Waals surface area (Å²) in [6, 6.07) is 31.9. The quantitative estimate of drug-likeness (QED) is 0.303. The van der Waals surface area contributed by atoms with Gasteiger partial charge >= 0.3 is 0 Å². The van der Waals surface area contributed by atoms with Gasteiger partial charge in [0.15, 0.2) is 0 Å². The summed E-state index contributed by atoms with van der Waals surface area (Å²) in [5, 5.41) is 10.2. The largest absolute Gasteiger partial charge is 0.340 e. The number of hydrogen-bond donors (Lipinski definition) is 1. The average Bonchev–Trinajstić information content (AvgIpc) is 3.55. The van der Waals surface area contributed by atoms with E-state index in [4.69, 9.17) is 5.10 Å². The summed E-state index contributed by atoms with van der Waals surface area (Å²) < 4.78 is 1.78. The molecule has 5 heteroatoms. The van der Waals surface area contributed by atoms with Gasteiger partial charge in [0, 0.05) is 0 Å². The number of aryl methyl sites for hydroxylation is 2. The predicted octanol–water partition coefficient (Wildman–Crippen LogP) is 6.74. The Hall–Kier alpha value is -3.96. The van der Waals surface area contributed by atoms with Gasteiger partial charge in [-0.2, -0.15) is 5.10 Å². The van der Waals surface area contributed by atoms with Gasteiger partial charge in [0.1, 0.15) is 11.4 Å². The minimum absolute atomic E-state index is 0.172. The summed E-state index contributed by atoms with van der Waals surface area (Å²) in [6.07, 6.45) is 0. The van der Waals surface area contributed by atoms with E-state index in [-0.39, 0.29) is 11.9 Å². The van der Waals surface area contributed by atoms with Crippen LogP contribution in [0, 0.1) is 13.8 Å². The Morgan fingerprint density at radius 3 is 2.15 bits per heavy atom. The first-order valence-corrected chi connectivity index (χ1v) is 12.1. The van der Waals surface area contributed by atoms with Crippen LogP contribution >= 0.6 is 11.3 Å². The van der Waals surface area contributed by atoms with Crippen LogP contribution in [-0.4, -0.2) is 15.7 Å². The number of carbonyl (C=O) groups excluding carboxylic acids is 1. The summed E-state index contributed by atoms with van der Waals surface area (Å²) in [7, 11) is 0. The molecule has 0 aliphatic rings. The first kappa shape index (κ1) is 21.9. The van der Waals surface area contributed by atoms with Crippen molar-refractivity contribution >= 4 is 17.2 Å². The van der Waals surface area contributed by atoms with Crippen molar-refractivity contribution in [2.24, 2.45) is 0 Å². The predicted molar refractivity (Wildman–Crippen MR) is 139 cm³/mol. The number of aromatic nitrogens is 2. The molecule has 168 valence electrons. The van der Waals surface area contributed by atoms with E-state index in [2.05, 4.69) is 23.5 Å². The maximum atomic E-state index is 13.8. The molecule has 0 aliphatic carbocycles. The van der Waals surface area contributed by atoms with Gasteiger partial charge in [0.05, 0.1) is 16.6 Å². The maximum Gasteiger partial charge on any atom is 0.270 e. The number of thiophene rings is 1. The van der Waals surface area contributed by atoms with E-state index in [0.717, 1.165) is 38.5 Å². The molecule has 0 bridgehead atoms. The zero-order valence-corrected chi connectivity index (χ0v) is 19.9. The van der Waals surface area contributed by atoms with Crippen molar-refractivity contribution < 1.29 is 4.79 Å². The molecule has 0 radical (unpaired) electrons. The molecule has 4 nitrogen and oxygen atoms in total. The fourth-order valence-corrected chi connectivity index (χ4v) is 4.76. The smallest absolute Gasteiger partial charge is 0.270 e. The second-order valence-corrected chi connectivity index (χ2v) is 9.27. The summed E-state index contributed by atoms with van der Waals surface area (Å²) >= 11 is 1.61. The van der Waals surface area contributed by atoms with Crippen LogP contribution in [-0.2, 0) is 0 Å². The Balaban J connectivity index is 1.59. The van der Waals surface area contributed by atoms with E-state index < -0.39 is 0 Å². The Morgan fingerprint density at radius 2 is 1.53 bits per heavy atom. The number of carbonyl (C=O) groups is 1. The van der Waals surface area contributed by atoms with Crippen molar-refractivity contribution in [3.63, 3.8) is 0 Å². The van der Waals surface area contributed by atoms with Gasteiger partial charge in [0.2, 0.25) is 0 Å². The van der Waals surface area contributed by atoms with Crippen LogP contribution in [0.3, 0.4) is 0 Å². The Morgan fingerprint density at radius 1 is 0.853 bits per heavy atom. The van der Waals surface area contributed by atoms with Crippen molar-refractivity contribution in [1.82, 2.24) is 15.1 Å². The van der Waals surface area contributed by atoms with Gasteiger partial charge in [-0.15, -0.1) is 11.3 Å². The highest BCUT2D eigenvalue weighted by Crippen LogP contribution is 2.28. The molecular weight excluding hydrogens is 438 g/mol. The van der Waals surface area contributed by atoms with Gasteiger partial charge < -0.3 is 5.32 Å². The van der Waals surface area contributed by atoms with E-state index in [1.54, 1.807) is 16.0 Å². The fraction of sp³-hybridized carbons (Fsp3) is 0.103. The molecule has 0 saturated carbocycles. The van der Waals surface area contributed by atoms with E-state index in [1.807, 2.05) is 98.1 Å². The van der Waals surface area contributed by atoms with Crippen LogP contribution in [0.1, 0.15) is 38.8 Å². The van der Waals surface area contributed by atoms with Crippen LogP contribution < -0.4 is 5.32 Å². The minimum atomic E-state index is -0.276. The number of nitrogens with one attached hydrogen (secondary N) is 1. The van der Waals surface area contributed by atoms with Crippen molar-refractivity contribution in [3.05, 3.63) is 130 Å². The number of hydrogen-bond acceptors (Lipinski definition) is 3. The van der Waals surface area contributed by atoms with Gasteiger partial charge in [0.25, 0.3) is 5.91 Å². The molecular formula is C29H25N3OS. The molecule has 0 atom stereocenters. The zero-order chi connectivity index (χ0) is 23.5. The monoisotopic (exact) mass is 463 g/mol. The third kappa shape index (κ3) is 4.43. The maximum absolute atomic E-state index is 13.8. The molecule has 1 amide bonds. The van der Waals surface area contributed by atoms with Gasteiger partial charge in [-0.25, -0.2) is 4.68 Å². The summed E-state index contributed by atoms with van der Waals surface area (Å²) in [5.41, 5.74) is 6.43. The molecule has 2 heterocycles. The second kappa shape index (κ2) is 9.49. The lowest BCUT2D eigenvalue weighted by Crippen LogP contribution is -2.31. The van der Waals surface area contributed by atoms with E-state index in [1.165, 1.54) is 0 Å². The SMILES string of the molecule is Cc1ccc(C)c(-n2nc(-c3cccs3)cc2C(=O)NC(c2ccccc2)c2ccccc2)c1. The van der Waals surface area contributed by atoms with Crippen LogP contribution in [0.2, 0.25) is 0 Å². The second-order valence-electron chi connectivity index (χ2n) is 8.32.